The van der Waals surface area contributed by atoms with Crippen LogP contribution in [0, 0.1) is 0 Å². The van der Waals surface area contributed by atoms with Crippen molar-refractivity contribution in [1.29, 1.82) is 0 Å². The van der Waals surface area contributed by atoms with Gasteiger partial charge in [0.2, 0.25) is 0 Å². The Hall–Kier alpha value is -2.21. The number of amides is 1. The Morgan fingerprint density at radius 3 is 2.84 bits per heavy atom. The fraction of sp³-hybridized carbons (Fsp3) is 0.421. The van der Waals surface area contributed by atoms with E-state index >= 15 is 0 Å². The summed E-state index contributed by atoms with van der Waals surface area (Å²) in [5.74, 6) is 1.44. The molecule has 0 unspecified atom stereocenters. The molecule has 0 saturated heterocycles. The number of carbonyl (C=O) groups is 1. The van der Waals surface area contributed by atoms with Crippen molar-refractivity contribution in [2.75, 3.05) is 32.2 Å². The Labute approximate surface area is 152 Å². The Morgan fingerprint density at radius 2 is 2.12 bits per heavy atom. The number of nitrogens with one attached hydrogen (secondary N) is 1. The third-order valence-corrected chi connectivity index (χ3v) is 5.72. The fourth-order valence-electron chi connectivity index (χ4n) is 3.12. The molecule has 5 nitrogen and oxygen atoms in total. The number of hydrogen-bond donors (Lipinski definition) is 1. The molecule has 25 heavy (non-hydrogen) atoms. The van der Waals surface area contributed by atoms with E-state index in [1.54, 1.807) is 25.6 Å². The lowest BCUT2D eigenvalue weighted by Crippen LogP contribution is -2.27. The van der Waals surface area contributed by atoms with E-state index in [2.05, 4.69) is 17.1 Å². The quantitative estimate of drug-likeness (QED) is 0.857. The Morgan fingerprint density at radius 1 is 1.28 bits per heavy atom. The molecule has 1 aromatic carbocycles. The largest absolute Gasteiger partial charge is 0.497 e. The third-order valence-electron chi connectivity index (χ3n) is 4.48. The molecule has 0 saturated carbocycles. The summed E-state index contributed by atoms with van der Waals surface area (Å²) >= 11 is 1.59. The van der Waals surface area contributed by atoms with Gasteiger partial charge in [0.05, 0.1) is 24.1 Å². The molecule has 2 heterocycles. The number of carbonyl (C=O) groups excluding carboxylic acids is 1. The number of thiophene rings is 1. The number of nitrogens with zero attached hydrogens (tertiary/aromatic N) is 1. The highest BCUT2D eigenvalue weighted by atomic mass is 32.1. The second-order valence-electron chi connectivity index (χ2n) is 5.98. The van der Waals surface area contributed by atoms with Gasteiger partial charge in [-0.1, -0.05) is 0 Å². The molecule has 2 aromatic rings. The van der Waals surface area contributed by atoms with Crippen molar-refractivity contribution in [3.05, 3.63) is 40.3 Å². The van der Waals surface area contributed by atoms with E-state index in [9.17, 15) is 4.79 Å². The molecule has 0 bridgehead atoms. The van der Waals surface area contributed by atoms with E-state index in [4.69, 9.17) is 9.47 Å². The van der Waals surface area contributed by atoms with Gasteiger partial charge in [-0.15, -0.1) is 11.3 Å². The van der Waals surface area contributed by atoms with Crippen LogP contribution in [0.4, 0.5) is 5.00 Å². The lowest BCUT2D eigenvalue weighted by Gasteiger charge is -2.26. The summed E-state index contributed by atoms with van der Waals surface area (Å²) in [4.78, 5) is 15.7. The molecular formula is C19H24N2O3S. The number of anilines is 1. The van der Waals surface area contributed by atoms with E-state index in [1.165, 1.54) is 10.6 Å². The summed E-state index contributed by atoms with van der Waals surface area (Å²) in [6.07, 6.45) is 2.21. The molecule has 1 aromatic heterocycles. The van der Waals surface area contributed by atoms with Gasteiger partial charge in [-0.3, -0.25) is 4.79 Å². The molecule has 0 fully saturated rings. The van der Waals surface area contributed by atoms with Crippen molar-refractivity contribution in [3.63, 3.8) is 0 Å². The van der Waals surface area contributed by atoms with Gasteiger partial charge in [-0.2, -0.15) is 0 Å². The van der Waals surface area contributed by atoms with Crippen molar-refractivity contribution in [2.45, 2.75) is 26.3 Å². The molecule has 1 amide bonds. The summed E-state index contributed by atoms with van der Waals surface area (Å²) in [6, 6.07) is 7.62. The molecule has 1 aliphatic rings. The van der Waals surface area contributed by atoms with Crippen molar-refractivity contribution < 1.29 is 14.3 Å². The minimum absolute atomic E-state index is 0.0414. The van der Waals surface area contributed by atoms with Crippen LogP contribution in [0.3, 0.4) is 0 Å². The second kappa shape index (κ2) is 7.78. The highest BCUT2D eigenvalue weighted by Crippen LogP contribution is 2.35. The first kappa shape index (κ1) is 17.6. The number of rotatable bonds is 6. The molecule has 134 valence electrons. The lowest BCUT2D eigenvalue weighted by atomic mass is 10.1. The maximum atomic E-state index is 12.6. The zero-order chi connectivity index (χ0) is 17.8. The molecule has 1 aliphatic heterocycles. The summed E-state index contributed by atoms with van der Waals surface area (Å²) < 4.78 is 10.6. The van der Waals surface area contributed by atoms with Gasteiger partial charge in [0.15, 0.2) is 0 Å². The van der Waals surface area contributed by atoms with Gasteiger partial charge in [-0.05, 0) is 49.6 Å². The van der Waals surface area contributed by atoms with Crippen LogP contribution in [0.15, 0.2) is 24.3 Å². The van der Waals surface area contributed by atoms with E-state index in [0.717, 1.165) is 47.9 Å². The summed E-state index contributed by atoms with van der Waals surface area (Å²) in [7, 11) is 3.25. The van der Waals surface area contributed by atoms with Crippen molar-refractivity contribution in [2.24, 2.45) is 0 Å². The molecular weight excluding hydrogens is 336 g/mol. The first-order valence-electron chi connectivity index (χ1n) is 8.53. The Bertz CT molecular complexity index is 757. The van der Waals surface area contributed by atoms with Gasteiger partial charge in [-0.25, -0.2) is 0 Å². The topological polar surface area (TPSA) is 50.8 Å². The summed E-state index contributed by atoms with van der Waals surface area (Å²) in [5, 5.41) is 4.25. The van der Waals surface area contributed by atoms with Gasteiger partial charge < -0.3 is 19.7 Å². The molecule has 1 N–H and O–H groups in total. The molecule has 0 spiro atoms. The van der Waals surface area contributed by atoms with Gasteiger partial charge in [0.25, 0.3) is 5.91 Å². The maximum Gasteiger partial charge on any atom is 0.261 e. The smallest absolute Gasteiger partial charge is 0.261 e. The minimum Gasteiger partial charge on any atom is -0.497 e. The highest BCUT2D eigenvalue weighted by molar-refractivity contribution is 7.18. The third kappa shape index (κ3) is 3.74. The lowest BCUT2D eigenvalue weighted by molar-refractivity contribution is 0.0954. The predicted octanol–water partition coefficient (Wildman–Crippen LogP) is 3.47. The van der Waals surface area contributed by atoms with Crippen LogP contribution in [0.5, 0.6) is 11.5 Å². The predicted molar refractivity (Wildman–Crippen MR) is 101 cm³/mol. The van der Waals surface area contributed by atoms with Crippen LogP contribution in [0.1, 0.15) is 34.1 Å². The Balaban J connectivity index is 1.72. The van der Waals surface area contributed by atoms with Crippen LogP contribution < -0.4 is 19.7 Å². The number of ether oxygens (including phenoxy) is 2. The summed E-state index contributed by atoms with van der Waals surface area (Å²) in [6.45, 7) is 4.62. The average Bonchev–Trinajstić information content (AvgIpc) is 3.10. The molecule has 0 aliphatic carbocycles. The number of hydrogen-bond acceptors (Lipinski definition) is 5. The first-order chi connectivity index (χ1) is 12.2. The zero-order valence-electron chi connectivity index (χ0n) is 14.9. The van der Waals surface area contributed by atoms with Crippen LogP contribution >= 0.6 is 11.3 Å². The SMILES string of the molecule is CCN1CCCc2cc(C(=O)NCc3cc(OC)ccc3OC)sc21. The minimum atomic E-state index is -0.0414. The number of fused-ring (bicyclic) bond motifs is 1. The van der Waals surface area contributed by atoms with Gasteiger partial charge in [0, 0.05) is 25.2 Å². The second-order valence-corrected chi connectivity index (χ2v) is 7.02. The maximum absolute atomic E-state index is 12.6. The van der Waals surface area contributed by atoms with Crippen molar-refractivity contribution >= 4 is 22.2 Å². The van der Waals surface area contributed by atoms with Gasteiger partial charge >= 0.3 is 0 Å². The number of benzene rings is 1. The number of methoxy groups -OCH3 is 2. The number of aryl methyl sites for hydroxylation is 1. The van der Waals surface area contributed by atoms with Crippen LogP contribution in [0.25, 0.3) is 0 Å². The molecule has 0 atom stereocenters. The standard InChI is InChI=1S/C19H24N2O3S/c1-4-21-9-5-6-13-11-17(25-19(13)21)18(22)20-12-14-10-15(23-2)7-8-16(14)24-3/h7-8,10-11H,4-6,9,12H2,1-3H3,(H,20,22). The molecule has 3 rings (SSSR count). The van der Waals surface area contributed by atoms with E-state index in [0.29, 0.717) is 6.54 Å². The Kier molecular flexibility index (Phi) is 5.48. The van der Waals surface area contributed by atoms with Crippen molar-refractivity contribution in [3.8, 4) is 11.5 Å². The monoisotopic (exact) mass is 360 g/mol. The van der Waals surface area contributed by atoms with E-state index in [-0.39, 0.29) is 5.91 Å². The molecule has 6 heteroatoms. The highest BCUT2D eigenvalue weighted by Gasteiger charge is 2.21. The zero-order valence-corrected chi connectivity index (χ0v) is 15.7. The summed E-state index contributed by atoms with van der Waals surface area (Å²) in [5.41, 5.74) is 2.19. The van der Waals surface area contributed by atoms with Crippen LogP contribution in [-0.2, 0) is 13.0 Å². The fourth-order valence-corrected chi connectivity index (χ4v) is 4.34. The average molecular weight is 360 g/mol. The first-order valence-corrected chi connectivity index (χ1v) is 9.34. The normalized spacial score (nSPS) is 13.3. The van der Waals surface area contributed by atoms with E-state index in [1.807, 2.05) is 24.3 Å². The molecule has 0 radical (unpaired) electrons. The van der Waals surface area contributed by atoms with Crippen LogP contribution in [-0.4, -0.2) is 33.2 Å². The van der Waals surface area contributed by atoms with Gasteiger partial charge in [0.1, 0.15) is 11.5 Å². The van der Waals surface area contributed by atoms with E-state index < -0.39 is 0 Å². The van der Waals surface area contributed by atoms with Crippen LogP contribution in [0.2, 0.25) is 0 Å². The van der Waals surface area contributed by atoms with Crippen molar-refractivity contribution in [1.82, 2.24) is 5.32 Å².